The second-order valence-electron chi connectivity index (χ2n) is 31.4. The van der Waals surface area contributed by atoms with Crippen LogP contribution in [0.1, 0.15) is 208 Å². The standard InChI is InChI=1S/C77H137N3O35/c1-6-8-10-12-14-16-18-20-22-24-26-28-30-32-45(88)44(80-52(91)33-31-29-27-25-23-21-19-17-15-13-11-9-7-2)40-104-72-63(100)61(98)65(50(38-84)108-72)110-74-64(101)69(115-77(76(102)103)34-46(89)53(78-42(4)86)68(114-77)56(93)47(90)35-81)66(51(39-85)109-74)111-71-54(79-43(5)87)67(58(95)49(37-83)106-71)112-75-70(60(97)57(94)48(36-82)107-75)113-73-62(99)59(96)55(92)41(3)105-73/h30,32,41,44-51,53-75,81-85,88-90,92-101H,6-29,31,33-40H2,1-5H3,(H,78,86)(H,79,87)(H,80,91)(H,102,103)/b32-30+/t41?,44-,45+,46?,47+,48?,49?,50?,51?,53+,54?,55+,56+,57-,58-,59?,60-,61+,62-,63?,64?,65+,66-,67+,68?,69+,70?,71-,72+,73+,74-,75-,77-/m0/s1. The van der Waals surface area contributed by atoms with Crippen LogP contribution in [0.5, 0.6) is 0 Å². The van der Waals surface area contributed by atoms with Crippen LogP contribution in [0.4, 0.5) is 0 Å². The minimum absolute atomic E-state index is 0.118. The summed E-state index contributed by atoms with van der Waals surface area (Å²) in [6.45, 7) is 1.24. The molecular weight excluding hydrogens is 1530 g/mol. The van der Waals surface area contributed by atoms with Crippen LogP contribution < -0.4 is 16.0 Å². The number of carboxylic acids is 1. The first-order chi connectivity index (χ1) is 55.0. The molecule has 33 atom stereocenters. The third-order valence-electron chi connectivity index (χ3n) is 22.2. The number of aliphatic hydroxyl groups is 18. The first-order valence-electron chi connectivity index (χ1n) is 41.5. The highest BCUT2D eigenvalue weighted by molar-refractivity contribution is 5.77. The van der Waals surface area contributed by atoms with Crippen molar-refractivity contribution in [1.29, 1.82) is 0 Å². The zero-order valence-electron chi connectivity index (χ0n) is 67.0. The summed E-state index contributed by atoms with van der Waals surface area (Å²) >= 11 is 0. The van der Waals surface area contributed by atoms with Gasteiger partial charge in [-0.05, 0) is 26.2 Å². The maximum atomic E-state index is 14.0. The van der Waals surface area contributed by atoms with Crippen molar-refractivity contribution in [3.8, 4) is 0 Å². The molecule has 0 saturated carbocycles. The topological polar surface area (TPSA) is 600 Å². The fourth-order valence-electron chi connectivity index (χ4n) is 15.4. The number of carbonyl (C=O) groups is 4. The van der Waals surface area contributed by atoms with Crippen molar-refractivity contribution in [2.75, 3.05) is 39.6 Å². The molecule has 670 valence electrons. The quantitative estimate of drug-likeness (QED) is 0.0214. The van der Waals surface area contributed by atoms with E-state index < -0.39 is 272 Å². The Balaban J connectivity index is 1.28. The summed E-state index contributed by atoms with van der Waals surface area (Å²) in [6.07, 6.45) is -30.2. The lowest BCUT2D eigenvalue weighted by molar-refractivity contribution is -0.405. The second kappa shape index (κ2) is 51.4. The van der Waals surface area contributed by atoms with Gasteiger partial charge in [-0.15, -0.1) is 0 Å². The van der Waals surface area contributed by atoms with Crippen molar-refractivity contribution >= 4 is 23.7 Å². The molecule has 0 aromatic rings. The third-order valence-corrected chi connectivity index (χ3v) is 22.2. The molecule has 38 heteroatoms. The molecule has 6 aliphatic rings. The molecule has 3 amide bonds. The predicted octanol–water partition coefficient (Wildman–Crippen LogP) is -2.97. The van der Waals surface area contributed by atoms with Crippen molar-refractivity contribution < 1.29 is 173 Å². The Morgan fingerprint density at radius 2 is 0.922 bits per heavy atom. The SMILES string of the molecule is CCCCCCCCCCCCC/C=C/[C@@H](O)[C@H](CO[C@@H]1OC(CO)[C@@H](O[C@@H]2OC(CO)[C@H](O[C@@H]3OC(CO)[C@H](O)[C@H](O[C@@H]4OC(CO)[C@H](O)[C@H](O)C4O[C@H]4OC(C)[C@@H](O)C(O)[C@@H]4O)C3NC(C)=O)[C@H](O[C@]3(C(=O)O)CC(O)[C@@H](NC(C)=O)C([C@H](O)[C@H](O)CO)O3)C2O)[C@H](O)C1O)NC(=O)CCCCCCCCCCCCCCC. The number of ether oxygens (including phenoxy) is 12. The molecule has 115 heavy (non-hydrogen) atoms. The minimum Gasteiger partial charge on any atom is -0.477 e. The fraction of sp³-hybridized carbons (Fsp3) is 0.922. The largest absolute Gasteiger partial charge is 0.477 e. The van der Waals surface area contributed by atoms with Crippen molar-refractivity contribution in [3.05, 3.63) is 12.2 Å². The van der Waals surface area contributed by atoms with E-state index in [1.807, 2.05) is 0 Å². The lowest BCUT2D eigenvalue weighted by atomic mass is 9.88. The summed E-state index contributed by atoms with van der Waals surface area (Å²) in [6, 6.07) is -4.98. The van der Waals surface area contributed by atoms with Gasteiger partial charge in [0.05, 0.1) is 70.0 Å². The monoisotopic (exact) mass is 1660 g/mol. The number of amides is 3. The molecule has 0 aromatic carbocycles. The number of carbonyl (C=O) groups excluding carboxylic acids is 3. The van der Waals surface area contributed by atoms with Gasteiger partial charge >= 0.3 is 5.97 Å². The maximum absolute atomic E-state index is 14.0. The summed E-state index contributed by atoms with van der Waals surface area (Å²) in [5.41, 5.74) is 0. The van der Waals surface area contributed by atoms with E-state index in [4.69, 9.17) is 56.8 Å². The molecule has 6 rings (SSSR count). The lowest BCUT2D eigenvalue weighted by Gasteiger charge is -2.53. The number of allylic oxidation sites excluding steroid dienone is 1. The molecule has 22 N–H and O–H groups in total. The average molecular weight is 1660 g/mol. The first-order valence-corrected chi connectivity index (χ1v) is 41.5. The van der Waals surface area contributed by atoms with Crippen molar-refractivity contribution in [2.24, 2.45) is 0 Å². The highest BCUT2D eigenvalue weighted by Gasteiger charge is 2.63. The minimum atomic E-state index is -3.44. The van der Waals surface area contributed by atoms with E-state index in [0.29, 0.717) is 12.8 Å². The molecule has 0 bridgehead atoms. The van der Waals surface area contributed by atoms with Gasteiger partial charge in [0.15, 0.2) is 31.5 Å². The third kappa shape index (κ3) is 29.3. The van der Waals surface area contributed by atoms with E-state index in [9.17, 15) is 116 Å². The van der Waals surface area contributed by atoms with E-state index >= 15 is 0 Å². The van der Waals surface area contributed by atoms with Gasteiger partial charge in [0.2, 0.25) is 17.7 Å². The van der Waals surface area contributed by atoms with Crippen LogP contribution in [0.3, 0.4) is 0 Å². The maximum Gasteiger partial charge on any atom is 0.364 e. The van der Waals surface area contributed by atoms with Crippen LogP contribution in [0, 0.1) is 0 Å². The molecule has 38 nitrogen and oxygen atoms in total. The van der Waals surface area contributed by atoms with Crippen LogP contribution in [-0.2, 0) is 76.0 Å². The number of nitrogens with one attached hydrogen (secondary N) is 3. The second-order valence-corrected chi connectivity index (χ2v) is 31.4. The molecule has 12 unspecified atom stereocenters. The lowest BCUT2D eigenvalue weighted by Crippen LogP contribution is -2.72. The summed E-state index contributed by atoms with van der Waals surface area (Å²) < 4.78 is 72.5. The normalized spacial score (nSPS) is 37.1. The number of hydrogen-bond donors (Lipinski definition) is 22. The van der Waals surface area contributed by atoms with Gasteiger partial charge in [-0.25, -0.2) is 4.79 Å². The average Bonchev–Trinajstić information content (AvgIpc) is 0.741. The van der Waals surface area contributed by atoms with Gasteiger partial charge in [0, 0.05) is 26.7 Å². The number of hydrogen-bond acceptors (Lipinski definition) is 34. The van der Waals surface area contributed by atoms with E-state index in [2.05, 4.69) is 29.8 Å². The smallest absolute Gasteiger partial charge is 0.364 e. The Labute approximate surface area is 671 Å². The Morgan fingerprint density at radius 1 is 0.470 bits per heavy atom. The molecule has 0 aliphatic carbocycles. The molecule has 0 radical (unpaired) electrons. The van der Waals surface area contributed by atoms with Crippen molar-refractivity contribution in [2.45, 2.75) is 410 Å². The van der Waals surface area contributed by atoms with Gasteiger partial charge in [-0.1, -0.05) is 167 Å². The molecule has 6 heterocycles. The van der Waals surface area contributed by atoms with Crippen LogP contribution >= 0.6 is 0 Å². The number of aliphatic hydroxyl groups excluding tert-OH is 18. The Bertz CT molecular complexity index is 2780. The highest BCUT2D eigenvalue weighted by atomic mass is 16.8. The summed E-state index contributed by atoms with van der Waals surface area (Å²) in [7, 11) is 0. The first kappa shape index (κ1) is 100. The molecule has 0 spiro atoms. The molecular formula is C77H137N3O35. The highest BCUT2D eigenvalue weighted by Crippen LogP contribution is 2.42. The molecule has 6 fully saturated rings. The summed E-state index contributed by atoms with van der Waals surface area (Å²) in [4.78, 5) is 53.6. The van der Waals surface area contributed by atoms with Gasteiger partial charge in [-0.3, -0.25) is 14.4 Å². The Morgan fingerprint density at radius 3 is 1.46 bits per heavy atom. The van der Waals surface area contributed by atoms with Crippen LogP contribution in [0.25, 0.3) is 0 Å². The van der Waals surface area contributed by atoms with E-state index in [1.165, 1.54) is 96.5 Å². The Kier molecular flexibility index (Phi) is 44.8. The fourth-order valence-corrected chi connectivity index (χ4v) is 15.4. The van der Waals surface area contributed by atoms with E-state index in [0.717, 1.165) is 78.1 Å². The molecule has 6 aliphatic heterocycles. The van der Waals surface area contributed by atoms with Crippen LogP contribution in [0.15, 0.2) is 12.2 Å². The zero-order chi connectivity index (χ0) is 84.6. The number of unbranched alkanes of at least 4 members (excludes halogenated alkanes) is 23. The zero-order valence-corrected chi connectivity index (χ0v) is 67.0. The van der Waals surface area contributed by atoms with E-state index in [1.54, 1.807) is 6.08 Å². The number of rotatable bonds is 52. The number of carboxylic acid groups (broad SMARTS) is 1. The van der Waals surface area contributed by atoms with Gasteiger partial charge in [0.1, 0.15) is 134 Å². The summed E-state index contributed by atoms with van der Waals surface area (Å²) in [5, 5.41) is 221. The van der Waals surface area contributed by atoms with Crippen LogP contribution in [0.2, 0.25) is 0 Å². The Hall–Kier alpha value is -3.58. The molecule has 6 saturated heterocycles. The van der Waals surface area contributed by atoms with Gasteiger partial charge in [0.25, 0.3) is 5.79 Å². The molecule has 0 aromatic heterocycles. The van der Waals surface area contributed by atoms with E-state index in [-0.39, 0.29) is 6.42 Å². The van der Waals surface area contributed by atoms with Crippen LogP contribution in [-0.4, -0.2) is 362 Å². The van der Waals surface area contributed by atoms with Crippen molar-refractivity contribution in [1.82, 2.24) is 16.0 Å². The van der Waals surface area contributed by atoms with Crippen molar-refractivity contribution in [3.63, 3.8) is 0 Å². The summed E-state index contributed by atoms with van der Waals surface area (Å²) in [5.74, 6) is -7.89. The van der Waals surface area contributed by atoms with Gasteiger partial charge < -0.3 is 170 Å². The van der Waals surface area contributed by atoms with Gasteiger partial charge in [-0.2, -0.15) is 0 Å². The number of aliphatic carboxylic acids is 1. The predicted molar refractivity (Wildman–Crippen MR) is 400 cm³/mol.